The van der Waals surface area contributed by atoms with Crippen LogP contribution in [0.5, 0.6) is 0 Å². The Morgan fingerprint density at radius 3 is 2.76 bits per heavy atom. The number of aromatic nitrogens is 1. The fourth-order valence-corrected chi connectivity index (χ4v) is 1.89. The number of rotatable bonds is 4. The maximum Gasteiger partial charge on any atom is 0.325 e. The van der Waals surface area contributed by atoms with Crippen molar-refractivity contribution < 1.29 is 9.90 Å². The summed E-state index contributed by atoms with van der Waals surface area (Å²) in [7, 11) is 0. The number of hydrogen-bond donors (Lipinski definition) is 3. The van der Waals surface area contributed by atoms with Crippen molar-refractivity contribution in [3.63, 3.8) is 0 Å². The number of carboxylic acids is 1. The Balaban J connectivity index is 2.37. The van der Waals surface area contributed by atoms with Gasteiger partial charge < -0.3 is 10.1 Å². The summed E-state index contributed by atoms with van der Waals surface area (Å²) < 4.78 is 0. The molecule has 1 unspecified atom stereocenters. The fourth-order valence-electron chi connectivity index (χ4n) is 1.89. The van der Waals surface area contributed by atoms with E-state index in [0.29, 0.717) is 0 Å². The molecular weight excluding hydrogens is 216 g/mol. The number of hydrogen-bond acceptors (Lipinski definition) is 2. The third kappa shape index (κ3) is 2.47. The molecule has 0 aliphatic carbocycles. The van der Waals surface area contributed by atoms with Crippen LogP contribution in [0.4, 0.5) is 0 Å². The number of aliphatic carboxylic acids is 1. The second-order valence-electron chi connectivity index (χ2n) is 4.42. The highest BCUT2D eigenvalue weighted by Gasteiger charge is 2.20. The monoisotopic (exact) mass is 232 g/mol. The average molecular weight is 232 g/mol. The Labute approximate surface area is 99.7 Å². The Morgan fingerprint density at radius 2 is 2.12 bits per heavy atom. The molecule has 4 heteroatoms. The largest absolute Gasteiger partial charge is 0.480 e. The summed E-state index contributed by atoms with van der Waals surface area (Å²) in [6.07, 6.45) is 1.85. The lowest BCUT2D eigenvalue weighted by atomic mass is 10.0. The fraction of sp³-hybridized carbons (Fsp3) is 0.308. The van der Waals surface area contributed by atoms with Crippen LogP contribution >= 0.6 is 0 Å². The highest BCUT2D eigenvalue weighted by molar-refractivity contribution is 5.83. The highest BCUT2D eigenvalue weighted by Crippen LogP contribution is 2.20. The van der Waals surface area contributed by atoms with E-state index in [4.69, 9.17) is 0 Å². The zero-order valence-electron chi connectivity index (χ0n) is 9.90. The number of nitrogens with one attached hydrogen (secondary N) is 2. The van der Waals surface area contributed by atoms with Gasteiger partial charge in [-0.1, -0.05) is 12.1 Å². The Hall–Kier alpha value is -1.81. The Kier molecular flexibility index (Phi) is 3.15. The van der Waals surface area contributed by atoms with Crippen molar-refractivity contribution in [3.8, 4) is 0 Å². The van der Waals surface area contributed by atoms with E-state index in [9.17, 15) is 9.90 Å². The second kappa shape index (κ2) is 4.59. The van der Waals surface area contributed by atoms with E-state index in [0.717, 1.165) is 16.5 Å². The highest BCUT2D eigenvalue weighted by atomic mass is 16.4. The third-order valence-corrected chi connectivity index (χ3v) is 2.66. The number of benzene rings is 1. The van der Waals surface area contributed by atoms with Crippen molar-refractivity contribution in [2.45, 2.75) is 25.9 Å². The summed E-state index contributed by atoms with van der Waals surface area (Å²) in [6, 6.07) is 7.08. The molecule has 17 heavy (non-hydrogen) atoms. The van der Waals surface area contributed by atoms with Crippen LogP contribution in [0.25, 0.3) is 10.9 Å². The van der Waals surface area contributed by atoms with Gasteiger partial charge in [-0.15, -0.1) is 0 Å². The molecular formula is C13H16N2O2. The summed E-state index contributed by atoms with van der Waals surface area (Å²) in [5.74, 6) is -0.857. The number of aromatic amines is 1. The number of H-pyrrole nitrogens is 1. The normalized spacial score (nSPS) is 13.1. The molecule has 0 saturated heterocycles. The van der Waals surface area contributed by atoms with Crippen molar-refractivity contribution in [3.05, 3.63) is 36.0 Å². The van der Waals surface area contributed by atoms with Gasteiger partial charge in [0.05, 0.1) is 0 Å². The van der Waals surface area contributed by atoms with E-state index in [1.54, 1.807) is 0 Å². The Bertz CT molecular complexity index is 531. The minimum Gasteiger partial charge on any atom is -0.480 e. The standard InChI is InChI=1S/C13H16N2O2/c1-8(2)15-12(13(16)17)10-4-3-9-5-6-14-11(9)7-10/h3-8,12,14-15H,1-2H3,(H,16,17). The lowest BCUT2D eigenvalue weighted by Gasteiger charge is -2.17. The number of carboxylic acid groups (broad SMARTS) is 1. The lowest BCUT2D eigenvalue weighted by Crippen LogP contribution is -2.33. The summed E-state index contributed by atoms with van der Waals surface area (Å²) in [5, 5.41) is 13.4. The van der Waals surface area contributed by atoms with Crippen LogP contribution in [0.15, 0.2) is 30.5 Å². The van der Waals surface area contributed by atoms with Crippen molar-refractivity contribution in [2.75, 3.05) is 0 Å². The van der Waals surface area contributed by atoms with Gasteiger partial charge in [-0.3, -0.25) is 10.1 Å². The average Bonchev–Trinajstić information content (AvgIpc) is 2.72. The molecule has 90 valence electrons. The molecule has 0 fully saturated rings. The van der Waals surface area contributed by atoms with Crippen molar-refractivity contribution in [2.24, 2.45) is 0 Å². The minimum absolute atomic E-state index is 0.121. The van der Waals surface area contributed by atoms with E-state index in [-0.39, 0.29) is 6.04 Å². The van der Waals surface area contributed by atoms with Gasteiger partial charge in [0.15, 0.2) is 0 Å². The SMILES string of the molecule is CC(C)NC(C(=O)O)c1ccc2cc[nH]c2c1. The summed E-state index contributed by atoms with van der Waals surface area (Å²) in [4.78, 5) is 14.3. The molecule has 4 nitrogen and oxygen atoms in total. The first-order chi connectivity index (χ1) is 8.08. The first kappa shape index (κ1) is 11.7. The maximum absolute atomic E-state index is 11.2. The second-order valence-corrected chi connectivity index (χ2v) is 4.42. The maximum atomic E-state index is 11.2. The zero-order chi connectivity index (χ0) is 12.4. The Morgan fingerprint density at radius 1 is 1.35 bits per heavy atom. The molecule has 0 saturated carbocycles. The molecule has 0 amide bonds. The molecule has 1 atom stereocenters. The van der Waals surface area contributed by atoms with Crippen LogP contribution in [0.2, 0.25) is 0 Å². The van der Waals surface area contributed by atoms with Crippen molar-refractivity contribution in [1.82, 2.24) is 10.3 Å². The van der Waals surface area contributed by atoms with E-state index >= 15 is 0 Å². The first-order valence-corrected chi connectivity index (χ1v) is 5.64. The molecule has 1 aromatic carbocycles. The van der Waals surface area contributed by atoms with Gasteiger partial charge >= 0.3 is 5.97 Å². The summed E-state index contributed by atoms with van der Waals surface area (Å²) in [6.45, 7) is 3.87. The predicted octanol–water partition coefficient (Wildman–Crippen LogP) is 2.29. The quantitative estimate of drug-likeness (QED) is 0.757. The molecule has 0 spiro atoms. The smallest absolute Gasteiger partial charge is 0.325 e. The van der Waals surface area contributed by atoms with Gasteiger partial charge in [0.1, 0.15) is 6.04 Å². The van der Waals surface area contributed by atoms with Gasteiger partial charge in [-0.2, -0.15) is 0 Å². The molecule has 2 aromatic rings. The van der Waals surface area contributed by atoms with Gasteiger partial charge in [0, 0.05) is 17.8 Å². The van der Waals surface area contributed by atoms with E-state index in [2.05, 4.69) is 10.3 Å². The van der Waals surface area contributed by atoms with E-state index in [1.165, 1.54) is 0 Å². The number of carbonyl (C=O) groups is 1. The van der Waals surface area contributed by atoms with Gasteiger partial charge in [-0.05, 0) is 36.9 Å². The summed E-state index contributed by atoms with van der Waals surface area (Å²) >= 11 is 0. The van der Waals surface area contributed by atoms with E-state index in [1.807, 2.05) is 44.3 Å². The van der Waals surface area contributed by atoms with Crippen LogP contribution in [0.3, 0.4) is 0 Å². The van der Waals surface area contributed by atoms with Gasteiger partial charge in [0.25, 0.3) is 0 Å². The van der Waals surface area contributed by atoms with Crippen molar-refractivity contribution >= 4 is 16.9 Å². The van der Waals surface area contributed by atoms with Crippen LogP contribution in [-0.2, 0) is 4.79 Å². The molecule has 0 aliphatic heterocycles. The topological polar surface area (TPSA) is 65.1 Å². The third-order valence-electron chi connectivity index (χ3n) is 2.66. The summed E-state index contributed by atoms with van der Waals surface area (Å²) in [5.41, 5.74) is 1.72. The minimum atomic E-state index is -0.857. The lowest BCUT2D eigenvalue weighted by molar-refractivity contribution is -0.139. The predicted molar refractivity (Wildman–Crippen MR) is 66.9 cm³/mol. The van der Waals surface area contributed by atoms with Crippen LogP contribution in [-0.4, -0.2) is 22.1 Å². The van der Waals surface area contributed by atoms with Crippen LogP contribution in [0.1, 0.15) is 25.5 Å². The molecule has 3 N–H and O–H groups in total. The molecule has 1 heterocycles. The number of fused-ring (bicyclic) bond motifs is 1. The zero-order valence-corrected chi connectivity index (χ0v) is 9.90. The van der Waals surface area contributed by atoms with Gasteiger partial charge in [-0.25, -0.2) is 0 Å². The van der Waals surface area contributed by atoms with E-state index < -0.39 is 12.0 Å². The van der Waals surface area contributed by atoms with Gasteiger partial charge in [0.2, 0.25) is 0 Å². The molecule has 0 aliphatic rings. The van der Waals surface area contributed by atoms with Crippen LogP contribution in [0, 0.1) is 0 Å². The molecule has 0 radical (unpaired) electrons. The van der Waals surface area contributed by atoms with Crippen molar-refractivity contribution in [1.29, 1.82) is 0 Å². The van der Waals surface area contributed by atoms with Crippen LogP contribution < -0.4 is 5.32 Å². The molecule has 1 aromatic heterocycles. The first-order valence-electron chi connectivity index (χ1n) is 5.64. The molecule has 0 bridgehead atoms. The molecule has 2 rings (SSSR count).